The second kappa shape index (κ2) is 5.61. The van der Waals surface area contributed by atoms with E-state index in [1.54, 1.807) is 0 Å². The fourth-order valence-electron chi connectivity index (χ4n) is 1.62. The highest BCUT2D eigenvalue weighted by molar-refractivity contribution is 9.10. The van der Waals surface area contributed by atoms with E-state index in [9.17, 15) is 17.2 Å². The molecule has 0 spiro atoms. The maximum atomic E-state index is 13.7. The van der Waals surface area contributed by atoms with E-state index < -0.39 is 27.3 Å². The van der Waals surface area contributed by atoms with Gasteiger partial charge in [0.2, 0.25) is 0 Å². The molecular weight excluding hydrogens is 366 g/mol. The lowest BCUT2D eigenvalue weighted by Gasteiger charge is -2.11. The van der Waals surface area contributed by atoms with Crippen molar-refractivity contribution in [1.29, 1.82) is 0 Å². The first-order valence-corrected chi connectivity index (χ1v) is 8.02. The molecule has 4 nitrogen and oxygen atoms in total. The number of rotatable bonds is 3. The van der Waals surface area contributed by atoms with Crippen molar-refractivity contribution >= 4 is 37.3 Å². The molecule has 112 valence electrons. The van der Waals surface area contributed by atoms with Gasteiger partial charge in [0, 0.05) is 16.2 Å². The van der Waals surface area contributed by atoms with Gasteiger partial charge in [0.05, 0.1) is 10.6 Å². The van der Waals surface area contributed by atoms with E-state index >= 15 is 0 Å². The van der Waals surface area contributed by atoms with Gasteiger partial charge in [-0.25, -0.2) is 17.2 Å². The molecule has 0 aliphatic carbocycles. The Morgan fingerprint density at radius 1 is 1.14 bits per heavy atom. The zero-order valence-corrected chi connectivity index (χ0v) is 13.2. The summed E-state index contributed by atoms with van der Waals surface area (Å²) in [5, 5.41) is 0. The number of benzene rings is 2. The molecule has 0 atom stereocenters. The summed E-state index contributed by atoms with van der Waals surface area (Å²) < 4.78 is 53.9. The van der Waals surface area contributed by atoms with Crippen LogP contribution in [0, 0.1) is 18.6 Å². The van der Waals surface area contributed by atoms with Crippen LogP contribution in [0.25, 0.3) is 0 Å². The summed E-state index contributed by atoms with van der Waals surface area (Å²) >= 11 is 3.14. The van der Waals surface area contributed by atoms with E-state index in [2.05, 4.69) is 15.9 Å². The third kappa shape index (κ3) is 3.33. The van der Waals surface area contributed by atoms with E-state index in [4.69, 9.17) is 5.73 Å². The Hall–Kier alpha value is -1.67. The number of nitrogen functional groups attached to an aromatic ring is 1. The summed E-state index contributed by atoms with van der Waals surface area (Å²) in [5.41, 5.74) is 5.46. The van der Waals surface area contributed by atoms with Gasteiger partial charge in [-0.15, -0.1) is 0 Å². The van der Waals surface area contributed by atoms with Crippen LogP contribution in [0.4, 0.5) is 20.2 Å². The van der Waals surface area contributed by atoms with Crippen LogP contribution in [-0.2, 0) is 10.0 Å². The van der Waals surface area contributed by atoms with Crippen LogP contribution in [0.15, 0.2) is 39.7 Å². The predicted octanol–water partition coefficient (Wildman–Crippen LogP) is 3.42. The van der Waals surface area contributed by atoms with Gasteiger partial charge in [0.15, 0.2) is 0 Å². The number of halogens is 3. The van der Waals surface area contributed by atoms with E-state index in [-0.39, 0.29) is 16.1 Å². The molecule has 0 saturated carbocycles. The molecule has 8 heteroatoms. The molecule has 0 saturated heterocycles. The molecule has 21 heavy (non-hydrogen) atoms. The van der Waals surface area contributed by atoms with Crippen LogP contribution in [0.3, 0.4) is 0 Å². The normalized spacial score (nSPS) is 11.4. The molecule has 0 amide bonds. The van der Waals surface area contributed by atoms with Crippen molar-refractivity contribution in [3.63, 3.8) is 0 Å². The van der Waals surface area contributed by atoms with Crippen molar-refractivity contribution in [1.82, 2.24) is 0 Å². The van der Waals surface area contributed by atoms with Crippen LogP contribution in [0.1, 0.15) is 5.56 Å². The molecular formula is C13H11BrF2N2O2S. The number of sulfonamides is 1. The molecule has 0 fully saturated rings. The number of hydrogen-bond donors (Lipinski definition) is 2. The fraction of sp³-hybridized carbons (Fsp3) is 0.0769. The molecule has 0 radical (unpaired) electrons. The van der Waals surface area contributed by atoms with Gasteiger partial charge in [-0.3, -0.25) is 4.72 Å². The van der Waals surface area contributed by atoms with Crippen molar-refractivity contribution in [2.45, 2.75) is 11.8 Å². The summed E-state index contributed by atoms with van der Waals surface area (Å²) in [6.07, 6.45) is 0. The van der Waals surface area contributed by atoms with E-state index in [0.717, 1.165) is 12.1 Å². The molecule has 2 aromatic carbocycles. The van der Waals surface area contributed by atoms with Gasteiger partial charge in [0.1, 0.15) is 11.6 Å². The number of hydrogen-bond acceptors (Lipinski definition) is 3. The quantitative estimate of drug-likeness (QED) is 0.806. The lowest BCUT2D eigenvalue weighted by atomic mass is 10.2. The number of aryl methyl sites for hydroxylation is 1. The summed E-state index contributed by atoms with van der Waals surface area (Å²) in [5.74, 6) is -1.56. The Kier molecular flexibility index (Phi) is 4.20. The average Bonchev–Trinajstić information content (AvgIpc) is 2.39. The zero-order valence-electron chi connectivity index (χ0n) is 10.8. The molecule has 0 aromatic heterocycles. The topological polar surface area (TPSA) is 72.2 Å². The predicted molar refractivity (Wildman–Crippen MR) is 80.5 cm³/mol. The highest BCUT2D eigenvalue weighted by Crippen LogP contribution is 2.26. The van der Waals surface area contributed by atoms with Crippen LogP contribution in [-0.4, -0.2) is 8.42 Å². The maximum Gasteiger partial charge on any atom is 0.262 e. The standard InChI is InChI=1S/C13H11BrF2N2O2S/c1-7-4-11(16)13(6-10(7)15)18-21(19,20)8-2-3-9(14)12(17)5-8/h2-6,18H,17H2,1H3. The second-order valence-corrected chi connectivity index (χ2v) is 6.91. The third-order valence-electron chi connectivity index (χ3n) is 2.77. The highest BCUT2D eigenvalue weighted by atomic mass is 79.9. The van der Waals surface area contributed by atoms with Gasteiger partial charge in [-0.1, -0.05) is 0 Å². The summed E-state index contributed by atoms with van der Waals surface area (Å²) in [4.78, 5) is -0.149. The monoisotopic (exact) mass is 376 g/mol. The number of nitrogens with two attached hydrogens (primary N) is 1. The molecule has 0 aliphatic rings. The number of nitrogens with one attached hydrogen (secondary N) is 1. The largest absolute Gasteiger partial charge is 0.398 e. The average molecular weight is 377 g/mol. The molecule has 0 heterocycles. The SMILES string of the molecule is Cc1cc(F)c(NS(=O)(=O)c2ccc(Br)c(N)c2)cc1F. The molecule has 0 unspecified atom stereocenters. The summed E-state index contributed by atoms with van der Waals surface area (Å²) in [6, 6.07) is 5.68. The zero-order chi connectivity index (χ0) is 15.8. The molecule has 0 aliphatic heterocycles. The second-order valence-electron chi connectivity index (χ2n) is 4.37. The van der Waals surface area contributed by atoms with Gasteiger partial charge in [-0.05, 0) is 52.7 Å². The summed E-state index contributed by atoms with van der Waals surface area (Å²) in [6.45, 7) is 1.38. The van der Waals surface area contributed by atoms with Crippen LogP contribution < -0.4 is 10.5 Å². The third-order valence-corrected chi connectivity index (χ3v) is 4.86. The highest BCUT2D eigenvalue weighted by Gasteiger charge is 2.18. The Bertz CT molecular complexity index is 810. The number of anilines is 2. The lowest BCUT2D eigenvalue weighted by molar-refractivity contribution is 0.590. The fourth-order valence-corrected chi connectivity index (χ4v) is 2.96. The first-order chi connectivity index (χ1) is 9.70. The first kappa shape index (κ1) is 15.7. The van der Waals surface area contributed by atoms with Gasteiger partial charge >= 0.3 is 0 Å². The first-order valence-electron chi connectivity index (χ1n) is 5.74. The Morgan fingerprint density at radius 3 is 2.43 bits per heavy atom. The molecule has 2 aromatic rings. The molecule has 2 rings (SSSR count). The molecule has 0 bridgehead atoms. The van der Waals surface area contributed by atoms with Gasteiger partial charge in [-0.2, -0.15) is 0 Å². The van der Waals surface area contributed by atoms with Crippen molar-refractivity contribution in [3.05, 3.63) is 52.0 Å². The Morgan fingerprint density at radius 2 is 1.81 bits per heavy atom. The van der Waals surface area contributed by atoms with Crippen LogP contribution in [0.5, 0.6) is 0 Å². The van der Waals surface area contributed by atoms with Crippen LogP contribution in [0.2, 0.25) is 0 Å². The minimum atomic E-state index is -4.06. The van der Waals surface area contributed by atoms with Gasteiger partial charge in [0.25, 0.3) is 10.0 Å². The van der Waals surface area contributed by atoms with E-state index in [1.165, 1.54) is 25.1 Å². The minimum absolute atomic E-state index is 0.0864. The lowest BCUT2D eigenvalue weighted by Crippen LogP contribution is -2.14. The maximum absolute atomic E-state index is 13.7. The molecule has 3 N–H and O–H groups in total. The van der Waals surface area contributed by atoms with Crippen LogP contribution >= 0.6 is 15.9 Å². The van der Waals surface area contributed by atoms with Crippen molar-refractivity contribution < 1.29 is 17.2 Å². The van der Waals surface area contributed by atoms with E-state index in [0.29, 0.717) is 4.47 Å². The van der Waals surface area contributed by atoms with Gasteiger partial charge < -0.3 is 5.73 Å². The summed E-state index contributed by atoms with van der Waals surface area (Å²) in [7, 11) is -4.06. The van der Waals surface area contributed by atoms with E-state index in [1.807, 2.05) is 4.72 Å². The smallest absolute Gasteiger partial charge is 0.262 e. The van der Waals surface area contributed by atoms with Crippen molar-refractivity contribution in [3.8, 4) is 0 Å². The minimum Gasteiger partial charge on any atom is -0.398 e. The Balaban J connectivity index is 2.42. The van der Waals surface area contributed by atoms with Crippen molar-refractivity contribution in [2.75, 3.05) is 10.5 Å². The van der Waals surface area contributed by atoms with Crippen molar-refractivity contribution in [2.24, 2.45) is 0 Å². The Labute approximate surface area is 129 Å².